The van der Waals surface area contributed by atoms with E-state index in [1.165, 1.54) is 42.7 Å². The molecule has 0 saturated heterocycles. The van der Waals surface area contributed by atoms with Gasteiger partial charge in [0, 0.05) is 42.5 Å². The summed E-state index contributed by atoms with van der Waals surface area (Å²) < 4.78 is 6.41. The molecule has 2 aromatic carbocycles. The van der Waals surface area contributed by atoms with Gasteiger partial charge in [-0.25, -0.2) is 4.79 Å². The summed E-state index contributed by atoms with van der Waals surface area (Å²) in [5.41, 5.74) is 0.183. The van der Waals surface area contributed by atoms with Crippen molar-refractivity contribution >= 4 is 45.0 Å². The van der Waals surface area contributed by atoms with Gasteiger partial charge in [-0.05, 0) is 35.3 Å². The van der Waals surface area contributed by atoms with E-state index in [0.29, 0.717) is 16.6 Å². The van der Waals surface area contributed by atoms with Crippen molar-refractivity contribution < 1.29 is 19.6 Å². The summed E-state index contributed by atoms with van der Waals surface area (Å²) in [5, 5.41) is 23.0. The minimum Gasteiger partial charge on any atom is -0.478 e. The van der Waals surface area contributed by atoms with Crippen LogP contribution in [0.5, 0.6) is 0 Å². The average molecular weight is 450 g/mol. The minimum atomic E-state index is -1.03. The van der Waals surface area contributed by atoms with Crippen LogP contribution in [0.1, 0.15) is 26.3 Å². The van der Waals surface area contributed by atoms with Crippen LogP contribution in [0.25, 0.3) is 10.1 Å². The third kappa shape index (κ3) is 4.23. The number of pyridine rings is 1. The first-order chi connectivity index (χ1) is 15.3. The number of nitrogens with zero attached hydrogens (tertiary/aromatic N) is 3. The second-order valence-electron chi connectivity index (χ2n) is 6.82. The van der Waals surface area contributed by atoms with Gasteiger partial charge in [0.2, 0.25) is 0 Å². The maximum atomic E-state index is 12.8. The molecule has 10 nitrogen and oxygen atoms in total. The molecule has 0 fully saturated rings. The zero-order chi connectivity index (χ0) is 22.8. The molecular formula is C21H14N4O6S. The number of nitro groups is 1. The van der Waals surface area contributed by atoms with Crippen molar-refractivity contribution in [2.45, 2.75) is 6.54 Å². The molecule has 2 aromatic heterocycles. The van der Waals surface area contributed by atoms with Crippen LogP contribution >= 0.6 is 11.5 Å². The number of hydrogen-bond donors (Lipinski definition) is 2. The lowest BCUT2D eigenvalue weighted by Gasteiger charge is -2.09. The van der Waals surface area contributed by atoms with Crippen LogP contribution in [0.2, 0.25) is 0 Å². The molecule has 0 unspecified atom stereocenters. The molecule has 0 aliphatic rings. The number of carbonyl (C=O) groups excluding carboxylic acids is 1. The van der Waals surface area contributed by atoms with E-state index in [-0.39, 0.29) is 22.6 Å². The standard InChI is InChI=1S/C21H14N4O6S/c26-17-7-8-24(10-12-1-3-13(4-2-12)21(28)29)11-16(17)20(27)22-19-15-9-14(25(30)31)5-6-18(15)32-23-19/h1-9,11H,10H2,(H,28,29)(H,22,23,27). The molecule has 2 heterocycles. The fraction of sp³-hybridized carbons (Fsp3) is 0.0476. The molecule has 11 heteroatoms. The van der Waals surface area contributed by atoms with E-state index in [9.17, 15) is 24.5 Å². The number of non-ortho nitro benzene ring substituents is 1. The van der Waals surface area contributed by atoms with Crippen molar-refractivity contribution in [3.63, 3.8) is 0 Å². The van der Waals surface area contributed by atoms with Crippen molar-refractivity contribution in [1.29, 1.82) is 0 Å². The monoisotopic (exact) mass is 450 g/mol. The van der Waals surface area contributed by atoms with Gasteiger partial charge in [-0.15, -0.1) is 0 Å². The Morgan fingerprint density at radius 1 is 1.16 bits per heavy atom. The zero-order valence-electron chi connectivity index (χ0n) is 16.2. The second kappa shape index (κ2) is 8.40. The normalized spacial score (nSPS) is 10.8. The van der Waals surface area contributed by atoms with Gasteiger partial charge in [-0.3, -0.25) is 19.7 Å². The Labute approximate surface area is 183 Å². The van der Waals surface area contributed by atoms with Crippen LogP contribution in [0.15, 0.2) is 65.7 Å². The number of nitro benzene ring substituents is 1. The molecule has 0 aliphatic heterocycles. The largest absolute Gasteiger partial charge is 0.478 e. The molecule has 2 N–H and O–H groups in total. The van der Waals surface area contributed by atoms with E-state index in [0.717, 1.165) is 17.1 Å². The number of aromatic nitrogens is 2. The molecule has 4 rings (SSSR count). The topological polar surface area (TPSA) is 144 Å². The van der Waals surface area contributed by atoms with Crippen LogP contribution in [0, 0.1) is 10.1 Å². The summed E-state index contributed by atoms with van der Waals surface area (Å²) in [6.45, 7) is 0.312. The fourth-order valence-corrected chi connectivity index (χ4v) is 3.78. The lowest BCUT2D eigenvalue weighted by atomic mass is 10.1. The summed E-state index contributed by atoms with van der Waals surface area (Å²) in [6.07, 6.45) is 2.91. The van der Waals surface area contributed by atoms with Crippen molar-refractivity contribution in [2.75, 3.05) is 5.32 Å². The molecule has 32 heavy (non-hydrogen) atoms. The third-order valence-electron chi connectivity index (χ3n) is 4.68. The molecule has 0 bridgehead atoms. The Bertz CT molecular complexity index is 1420. The fourth-order valence-electron chi connectivity index (χ4n) is 3.06. The zero-order valence-corrected chi connectivity index (χ0v) is 17.0. The maximum Gasteiger partial charge on any atom is 0.335 e. The number of nitrogens with one attached hydrogen (secondary N) is 1. The number of aromatic carboxylic acids is 1. The highest BCUT2D eigenvalue weighted by molar-refractivity contribution is 7.13. The minimum absolute atomic E-state index is 0.124. The summed E-state index contributed by atoms with van der Waals surface area (Å²) in [5.74, 6) is -1.58. The van der Waals surface area contributed by atoms with Gasteiger partial charge >= 0.3 is 5.97 Å². The van der Waals surface area contributed by atoms with E-state index in [4.69, 9.17) is 5.11 Å². The van der Waals surface area contributed by atoms with Gasteiger partial charge in [0.15, 0.2) is 11.2 Å². The van der Waals surface area contributed by atoms with Crippen LogP contribution in [0.4, 0.5) is 11.5 Å². The van der Waals surface area contributed by atoms with Gasteiger partial charge in [-0.2, -0.15) is 4.37 Å². The predicted molar refractivity (Wildman–Crippen MR) is 117 cm³/mol. The van der Waals surface area contributed by atoms with Gasteiger partial charge in [0.1, 0.15) is 5.56 Å². The van der Waals surface area contributed by atoms with Crippen LogP contribution < -0.4 is 10.7 Å². The number of carboxylic acids is 1. The highest BCUT2D eigenvalue weighted by Gasteiger charge is 2.17. The average Bonchev–Trinajstić information content (AvgIpc) is 3.17. The van der Waals surface area contributed by atoms with Crippen LogP contribution in [-0.2, 0) is 6.54 Å². The Kier molecular flexibility index (Phi) is 5.48. The van der Waals surface area contributed by atoms with Gasteiger partial charge in [0.05, 0.1) is 15.2 Å². The number of hydrogen-bond acceptors (Lipinski definition) is 7. The number of rotatable bonds is 6. The molecule has 0 spiro atoms. The molecule has 4 aromatic rings. The van der Waals surface area contributed by atoms with Crippen LogP contribution in [0.3, 0.4) is 0 Å². The van der Waals surface area contributed by atoms with Crippen molar-refractivity contribution in [1.82, 2.24) is 8.94 Å². The molecule has 0 aliphatic carbocycles. The quantitative estimate of drug-likeness (QED) is 0.338. The molecular weight excluding hydrogens is 436 g/mol. The summed E-state index contributed by atoms with van der Waals surface area (Å²) >= 11 is 1.07. The van der Waals surface area contributed by atoms with Crippen molar-refractivity contribution in [3.8, 4) is 0 Å². The summed E-state index contributed by atoms with van der Waals surface area (Å²) in [7, 11) is 0. The maximum absolute atomic E-state index is 12.8. The van der Waals surface area contributed by atoms with Gasteiger partial charge < -0.3 is 15.0 Å². The van der Waals surface area contributed by atoms with Crippen molar-refractivity contribution in [2.24, 2.45) is 0 Å². The molecule has 0 atom stereocenters. The number of carboxylic acid groups (broad SMARTS) is 1. The Balaban J connectivity index is 1.58. The Morgan fingerprint density at radius 2 is 1.91 bits per heavy atom. The molecule has 0 saturated carbocycles. The SMILES string of the molecule is O=C(O)c1ccc(Cn2ccc(=O)c(C(=O)Nc3nsc4ccc([N+](=O)[O-])cc34)c2)cc1. The highest BCUT2D eigenvalue weighted by Crippen LogP contribution is 2.30. The highest BCUT2D eigenvalue weighted by atomic mass is 32.1. The van der Waals surface area contributed by atoms with Crippen LogP contribution in [-0.4, -0.2) is 30.8 Å². The van der Waals surface area contributed by atoms with E-state index < -0.39 is 22.2 Å². The van der Waals surface area contributed by atoms with Crippen molar-refractivity contribution in [3.05, 3.63) is 98.0 Å². The van der Waals surface area contributed by atoms with E-state index in [1.54, 1.807) is 22.8 Å². The Morgan fingerprint density at radius 3 is 2.59 bits per heavy atom. The first-order valence-electron chi connectivity index (χ1n) is 9.19. The lowest BCUT2D eigenvalue weighted by Crippen LogP contribution is -2.23. The smallest absolute Gasteiger partial charge is 0.335 e. The summed E-state index contributed by atoms with van der Waals surface area (Å²) in [4.78, 5) is 46.5. The number of benzene rings is 2. The number of amides is 1. The second-order valence-corrected chi connectivity index (χ2v) is 7.63. The Hall–Kier alpha value is -4.38. The first kappa shape index (κ1) is 20.9. The molecule has 1 amide bonds. The van der Waals surface area contributed by atoms with Gasteiger partial charge in [0.25, 0.3) is 11.6 Å². The molecule has 0 radical (unpaired) electrons. The van der Waals surface area contributed by atoms with E-state index in [1.807, 2.05) is 0 Å². The first-order valence-corrected chi connectivity index (χ1v) is 9.96. The van der Waals surface area contributed by atoms with Gasteiger partial charge in [-0.1, -0.05) is 12.1 Å². The van der Waals surface area contributed by atoms with E-state index in [2.05, 4.69) is 9.69 Å². The number of carbonyl (C=O) groups is 2. The summed E-state index contributed by atoms with van der Waals surface area (Å²) in [6, 6.07) is 11.7. The molecule has 160 valence electrons. The van der Waals surface area contributed by atoms with E-state index >= 15 is 0 Å². The third-order valence-corrected chi connectivity index (χ3v) is 5.51. The lowest BCUT2D eigenvalue weighted by molar-refractivity contribution is -0.384. The number of fused-ring (bicyclic) bond motifs is 1. The number of anilines is 1. The predicted octanol–water partition coefficient (Wildman–Crippen LogP) is 3.37.